The minimum atomic E-state index is -0.100. The summed E-state index contributed by atoms with van der Waals surface area (Å²) < 4.78 is 0. The van der Waals surface area contributed by atoms with Crippen LogP contribution in [0.25, 0.3) is 0 Å². The minimum Gasteiger partial charge on any atom is -0.302 e. The van der Waals surface area contributed by atoms with Gasteiger partial charge in [-0.3, -0.25) is 4.79 Å². The number of nitrogens with zero attached hydrogens (tertiary/aromatic N) is 1. The Hall–Kier alpha value is -1.39. The molecule has 0 bridgehead atoms. The van der Waals surface area contributed by atoms with Crippen LogP contribution in [0.4, 0.5) is 5.13 Å². The van der Waals surface area contributed by atoms with Crippen molar-refractivity contribution in [1.29, 1.82) is 0 Å². The Morgan fingerprint density at radius 2 is 2.11 bits per heavy atom. The molecule has 5 heteroatoms. The number of hydrogen-bond acceptors (Lipinski definition) is 3. The molecule has 0 saturated heterocycles. The van der Waals surface area contributed by atoms with E-state index in [0.717, 1.165) is 16.1 Å². The molecule has 1 heterocycles. The number of amides is 1. The molecule has 0 fully saturated rings. The number of hydrogen-bond donors (Lipinski definition) is 1. The molecule has 18 heavy (non-hydrogen) atoms. The molecule has 1 amide bonds. The number of halogens is 1. The molecule has 0 aliphatic heterocycles. The highest BCUT2D eigenvalue weighted by Gasteiger charge is 2.10. The fourth-order valence-corrected chi connectivity index (χ4v) is 2.54. The van der Waals surface area contributed by atoms with E-state index in [9.17, 15) is 4.79 Å². The summed E-state index contributed by atoms with van der Waals surface area (Å²) >= 11 is 7.49. The lowest BCUT2D eigenvalue weighted by Gasteiger charge is -2.03. The molecule has 0 aliphatic carbocycles. The molecular formula is C13H13ClN2OS. The smallest absolute Gasteiger partial charge is 0.230 e. The van der Waals surface area contributed by atoms with Crippen LogP contribution in [0.2, 0.25) is 5.02 Å². The first-order chi connectivity index (χ1) is 8.56. The van der Waals surface area contributed by atoms with Gasteiger partial charge in [0.2, 0.25) is 5.91 Å². The Balaban J connectivity index is 2.03. The van der Waals surface area contributed by atoms with Crippen LogP contribution in [0, 0.1) is 13.8 Å². The first-order valence-corrected chi connectivity index (χ1v) is 6.73. The summed E-state index contributed by atoms with van der Waals surface area (Å²) in [6.07, 6.45) is 0.261. The molecule has 0 unspecified atom stereocenters. The van der Waals surface area contributed by atoms with Crippen LogP contribution in [-0.2, 0) is 11.2 Å². The van der Waals surface area contributed by atoms with Gasteiger partial charge in [-0.2, -0.15) is 0 Å². The zero-order valence-electron chi connectivity index (χ0n) is 10.2. The monoisotopic (exact) mass is 280 g/mol. The summed E-state index contributed by atoms with van der Waals surface area (Å²) in [5, 5.41) is 4.04. The number of carbonyl (C=O) groups excluding carboxylic acids is 1. The average Bonchev–Trinajstić information content (AvgIpc) is 2.61. The Bertz CT molecular complexity index is 561. The molecule has 1 aromatic heterocycles. The highest BCUT2D eigenvalue weighted by Crippen LogP contribution is 2.22. The van der Waals surface area contributed by atoms with Crippen molar-refractivity contribution in [2.45, 2.75) is 20.3 Å². The molecule has 1 N–H and O–H groups in total. The zero-order chi connectivity index (χ0) is 13.1. The molecule has 0 spiro atoms. The minimum absolute atomic E-state index is 0.100. The Kier molecular flexibility index (Phi) is 3.99. The molecule has 3 nitrogen and oxygen atoms in total. The third-order valence-electron chi connectivity index (χ3n) is 2.58. The summed E-state index contributed by atoms with van der Waals surface area (Å²) in [6, 6.07) is 7.34. The van der Waals surface area contributed by atoms with Crippen molar-refractivity contribution in [1.82, 2.24) is 4.98 Å². The third-order valence-corrected chi connectivity index (χ3v) is 3.94. The lowest BCUT2D eigenvalue weighted by atomic mass is 10.1. The standard InChI is InChI=1S/C13H13ClN2OS/c1-8-9(2)18-13(15-8)16-12(17)7-10-5-3-4-6-11(10)14/h3-6H,7H2,1-2H3,(H,15,16,17). The van der Waals surface area contributed by atoms with E-state index >= 15 is 0 Å². The first kappa shape index (κ1) is 13.1. The van der Waals surface area contributed by atoms with Gasteiger partial charge in [-0.25, -0.2) is 4.98 Å². The van der Waals surface area contributed by atoms with Crippen molar-refractivity contribution in [2.75, 3.05) is 5.32 Å². The van der Waals surface area contributed by atoms with Gasteiger partial charge in [-0.1, -0.05) is 29.8 Å². The van der Waals surface area contributed by atoms with E-state index in [4.69, 9.17) is 11.6 Å². The third kappa shape index (κ3) is 3.09. The fourth-order valence-electron chi connectivity index (χ4n) is 1.50. The summed E-state index contributed by atoms with van der Waals surface area (Å²) in [4.78, 5) is 17.2. The maximum atomic E-state index is 11.9. The van der Waals surface area contributed by atoms with Gasteiger partial charge in [-0.15, -0.1) is 11.3 Å². The second-order valence-electron chi connectivity index (χ2n) is 3.98. The topological polar surface area (TPSA) is 42.0 Å². The lowest BCUT2D eigenvalue weighted by molar-refractivity contribution is -0.115. The molecular weight excluding hydrogens is 268 g/mol. The molecule has 2 rings (SSSR count). The van der Waals surface area contributed by atoms with Crippen LogP contribution in [0.1, 0.15) is 16.1 Å². The number of rotatable bonds is 3. The van der Waals surface area contributed by atoms with E-state index in [1.807, 2.05) is 32.0 Å². The van der Waals surface area contributed by atoms with Crippen molar-refractivity contribution >= 4 is 34.0 Å². The fraction of sp³-hybridized carbons (Fsp3) is 0.231. The van der Waals surface area contributed by atoms with E-state index in [0.29, 0.717) is 10.2 Å². The summed E-state index contributed by atoms with van der Waals surface area (Å²) in [5.74, 6) is -0.100. The Morgan fingerprint density at radius 3 is 2.72 bits per heavy atom. The SMILES string of the molecule is Cc1nc(NC(=O)Cc2ccccc2Cl)sc1C. The van der Waals surface area contributed by atoms with Crippen LogP contribution in [0.3, 0.4) is 0 Å². The number of aromatic nitrogens is 1. The van der Waals surface area contributed by atoms with Gasteiger partial charge in [0.1, 0.15) is 0 Å². The van der Waals surface area contributed by atoms with Crippen molar-refractivity contribution in [2.24, 2.45) is 0 Å². The summed E-state index contributed by atoms with van der Waals surface area (Å²) in [7, 11) is 0. The first-order valence-electron chi connectivity index (χ1n) is 5.53. The van der Waals surface area contributed by atoms with E-state index < -0.39 is 0 Å². The van der Waals surface area contributed by atoms with E-state index in [1.165, 1.54) is 11.3 Å². The van der Waals surface area contributed by atoms with Crippen molar-refractivity contribution in [3.63, 3.8) is 0 Å². The van der Waals surface area contributed by atoms with Gasteiger partial charge in [0, 0.05) is 9.90 Å². The van der Waals surface area contributed by atoms with E-state index in [1.54, 1.807) is 6.07 Å². The van der Waals surface area contributed by atoms with Crippen LogP contribution in [-0.4, -0.2) is 10.9 Å². The van der Waals surface area contributed by atoms with Gasteiger partial charge < -0.3 is 5.32 Å². The predicted octanol–water partition coefficient (Wildman–Crippen LogP) is 3.59. The number of thiazole rings is 1. The second kappa shape index (κ2) is 5.50. The number of nitrogens with one attached hydrogen (secondary N) is 1. The van der Waals surface area contributed by atoms with Crippen molar-refractivity contribution < 1.29 is 4.79 Å². The second-order valence-corrected chi connectivity index (χ2v) is 5.59. The Morgan fingerprint density at radius 1 is 1.39 bits per heavy atom. The summed E-state index contributed by atoms with van der Waals surface area (Å²) in [6.45, 7) is 3.91. The van der Waals surface area contributed by atoms with Gasteiger partial charge in [-0.05, 0) is 25.5 Å². The maximum Gasteiger partial charge on any atom is 0.230 e. The van der Waals surface area contributed by atoms with Gasteiger partial charge in [0.05, 0.1) is 12.1 Å². The van der Waals surface area contributed by atoms with Crippen LogP contribution in [0.5, 0.6) is 0 Å². The summed E-state index contributed by atoms with van der Waals surface area (Å²) in [5.41, 5.74) is 1.77. The maximum absolute atomic E-state index is 11.9. The highest BCUT2D eigenvalue weighted by molar-refractivity contribution is 7.15. The quantitative estimate of drug-likeness (QED) is 0.933. The number of aryl methyl sites for hydroxylation is 2. The number of anilines is 1. The normalized spacial score (nSPS) is 10.4. The van der Waals surface area contributed by atoms with Crippen LogP contribution >= 0.6 is 22.9 Å². The van der Waals surface area contributed by atoms with Crippen LogP contribution in [0.15, 0.2) is 24.3 Å². The van der Waals surface area contributed by atoms with Gasteiger partial charge in [0.15, 0.2) is 5.13 Å². The van der Waals surface area contributed by atoms with Crippen LogP contribution < -0.4 is 5.32 Å². The molecule has 2 aromatic rings. The van der Waals surface area contributed by atoms with Gasteiger partial charge >= 0.3 is 0 Å². The molecule has 0 atom stereocenters. The predicted molar refractivity (Wildman–Crippen MR) is 75.4 cm³/mol. The molecule has 0 aliphatic rings. The van der Waals surface area contributed by atoms with Gasteiger partial charge in [0.25, 0.3) is 0 Å². The zero-order valence-corrected chi connectivity index (χ0v) is 11.7. The largest absolute Gasteiger partial charge is 0.302 e. The molecule has 0 saturated carbocycles. The molecule has 0 radical (unpaired) electrons. The highest BCUT2D eigenvalue weighted by atomic mass is 35.5. The molecule has 94 valence electrons. The molecule has 1 aromatic carbocycles. The number of carbonyl (C=O) groups is 1. The van der Waals surface area contributed by atoms with Crippen molar-refractivity contribution in [3.05, 3.63) is 45.4 Å². The van der Waals surface area contributed by atoms with Crippen molar-refractivity contribution in [3.8, 4) is 0 Å². The average molecular weight is 281 g/mol. The number of benzene rings is 1. The Labute approximate surface area is 115 Å². The van der Waals surface area contributed by atoms with E-state index in [2.05, 4.69) is 10.3 Å². The lowest BCUT2D eigenvalue weighted by Crippen LogP contribution is -2.14. The van der Waals surface area contributed by atoms with E-state index in [-0.39, 0.29) is 12.3 Å².